The minimum Gasteiger partial charge on any atom is -0.381 e. The third-order valence-corrected chi connectivity index (χ3v) is 4.60. The van der Waals surface area contributed by atoms with E-state index < -0.39 is 34.6 Å². The van der Waals surface area contributed by atoms with Gasteiger partial charge in [0.2, 0.25) is 12.0 Å². The zero-order chi connectivity index (χ0) is 19.3. The number of amides is 2. The normalized spacial score (nSPS) is 21.1. The predicted octanol–water partition coefficient (Wildman–Crippen LogP) is 2.33. The first kappa shape index (κ1) is 16.8. The summed E-state index contributed by atoms with van der Waals surface area (Å²) in [5.41, 5.74) is 0.995. The molecule has 0 saturated carbocycles. The summed E-state index contributed by atoms with van der Waals surface area (Å²) in [6, 6.07) is 9.43. The number of nitro benzene ring substituents is 1. The lowest BCUT2D eigenvalue weighted by Crippen LogP contribution is -2.33. The zero-order valence-electron chi connectivity index (χ0n) is 14.0. The quantitative estimate of drug-likeness (QED) is 0.469. The Labute approximate surface area is 152 Å². The maximum atomic E-state index is 13.1. The molecule has 1 fully saturated rings. The Balaban J connectivity index is 1.71. The summed E-state index contributed by atoms with van der Waals surface area (Å²) in [4.78, 5) is 42.2. The summed E-state index contributed by atoms with van der Waals surface area (Å²) < 4.78 is 13.1. The van der Waals surface area contributed by atoms with Crippen molar-refractivity contribution >= 4 is 28.9 Å². The first-order chi connectivity index (χ1) is 12.9. The van der Waals surface area contributed by atoms with E-state index in [0.717, 1.165) is 4.90 Å². The van der Waals surface area contributed by atoms with Gasteiger partial charge in [-0.25, -0.2) is 9.29 Å². The Morgan fingerprint density at radius 1 is 1.15 bits per heavy atom. The van der Waals surface area contributed by atoms with Crippen LogP contribution in [0.25, 0.3) is 0 Å². The second-order valence-electron chi connectivity index (χ2n) is 6.23. The maximum Gasteiger partial charge on any atom is 0.278 e. The molecule has 2 aliphatic heterocycles. The third kappa shape index (κ3) is 2.55. The second kappa shape index (κ2) is 5.97. The van der Waals surface area contributed by atoms with Crippen LogP contribution in [0, 0.1) is 28.8 Å². The van der Waals surface area contributed by atoms with E-state index in [1.807, 2.05) is 0 Å². The average Bonchev–Trinajstić information content (AvgIpc) is 3.17. The number of halogens is 1. The monoisotopic (exact) mass is 369 g/mol. The molecule has 0 aromatic heterocycles. The molecule has 0 bridgehead atoms. The van der Waals surface area contributed by atoms with Crippen molar-refractivity contribution in [2.45, 2.75) is 13.0 Å². The van der Waals surface area contributed by atoms with E-state index >= 15 is 0 Å². The number of imide groups is 1. The number of nitrogens with zero attached hydrogens (tertiary/aromatic N) is 3. The van der Waals surface area contributed by atoms with Crippen LogP contribution >= 0.6 is 0 Å². The minimum absolute atomic E-state index is 0.0961. The highest BCUT2D eigenvalue weighted by Gasteiger charge is 2.56. The van der Waals surface area contributed by atoms with Crippen LogP contribution in [-0.4, -0.2) is 28.6 Å². The van der Waals surface area contributed by atoms with Gasteiger partial charge in [-0.15, -0.1) is 0 Å². The molecule has 27 heavy (non-hydrogen) atoms. The molecule has 2 aliphatic rings. The molecule has 0 unspecified atom stereocenters. The van der Waals surface area contributed by atoms with Gasteiger partial charge < -0.3 is 4.84 Å². The molecule has 2 heterocycles. The molecule has 4 rings (SSSR count). The highest BCUT2D eigenvalue weighted by molar-refractivity contribution is 6.32. The lowest BCUT2D eigenvalue weighted by molar-refractivity contribution is -0.385. The molecular formula is C18H12FN3O5. The second-order valence-corrected chi connectivity index (χ2v) is 6.23. The molecule has 0 aliphatic carbocycles. The third-order valence-electron chi connectivity index (χ3n) is 4.60. The lowest BCUT2D eigenvalue weighted by atomic mass is 9.94. The van der Waals surface area contributed by atoms with Crippen LogP contribution in [0.2, 0.25) is 0 Å². The number of aryl methyl sites for hydroxylation is 1. The maximum absolute atomic E-state index is 13.1. The molecule has 2 atom stereocenters. The van der Waals surface area contributed by atoms with E-state index in [4.69, 9.17) is 4.84 Å². The highest BCUT2D eigenvalue weighted by atomic mass is 19.1. The van der Waals surface area contributed by atoms with Gasteiger partial charge in [0.15, 0.2) is 0 Å². The van der Waals surface area contributed by atoms with E-state index in [1.165, 1.54) is 42.5 Å². The number of anilines is 1. The number of benzene rings is 2. The molecule has 0 radical (unpaired) electrons. The summed E-state index contributed by atoms with van der Waals surface area (Å²) in [7, 11) is 0. The number of nitro groups is 1. The largest absolute Gasteiger partial charge is 0.381 e. The summed E-state index contributed by atoms with van der Waals surface area (Å²) in [5.74, 6) is -2.67. The van der Waals surface area contributed by atoms with Gasteiger partial charge in [-0.3, -0.25) is 19.7 Å². The van der Waals surface area contributed by atoms with Gasteiger partial charge >= 0.3 is 0 Å². The van der Waals surface area contributed by atoms with Crippen LogP contribution in [0.1, 0.15) is 11.1 Å². The summed E-state index contributed by atoms with van der Waals surface area (Å²) in [5, 5.41) is 15.0. The van der Waals surface area contributed by atoms with Gasteiger partial charge in [0.25, 0.3) is 11.6 Å². The van der Waals surface area contributed by atoms with Crippen LogP contribution in [0.5, 0.6) is 0 Å². The molecular weight excluding hydrogens is 357 g/mol. The summed E-state index contributed by atoms with van der Waals surface area (Å²) in [6.45, 7) is 1.56. The first-order valence-electron chi connectivity index (χ1n) is 8.01. The highest BCUT2D eigenvalue weighted by Crippen LogP contribution is 2.36. The number of carbonyl (C=O) groups excluding carboxylic acids is 2. The fraction of sp³-hybridized carbons (Fsp3) is 0.167. The van der Waals surface area contributed by atoms with Crippen LogP contribution < -0.4 is 4.90 Å². The SMILES string of the molecule is Cc1ccc(N2C(=O)[C@H]3C(c4ccc(F)cc4)=NO[C@H]3C2=O)cc1[N+](=O)[O-]. The number of fused-ring (bicyclic) bond motifs is 1. The Bertz CT molecular complexity index is 1020. The molecule has 8 nitrogen and oxygen atoms in total. The number of hydrogen-bond donors (Lipinski definition) is 0. The van der Waals surface area contributed by atoms with Crippen molar-refractivity contribution in [1.82, 2.24) is 0 Å². The molecule has 2 aromatic carbocycles. The lowest BCUT2D eigenvalue weighted by Gasteiger charge is -2.15. The van der Waals surface area contributed by atoms with Crippen molar-refractivity contribution in [2.75, 3.05) is 4.90 Å². The van der Waals surface area contributed by atoms with Gasteiger partial charge in [-0.05, 0) is 25.1 Å². The van der Waals surface area contributed by atoms with Crippen molar-refractivity contribution in [1.29, 1.82) is 0 Å². The van der Waals surface area contributed by atoms with E-state index in [-0.39, 0.29) is 17.1 Å². The van der Waals surface area contributed by atoms with Crippen LogP contribution in [-0.2, 0) is 14.4 Å². The van der Waals surface area contributed by atoms with Gasteiger partial charge in [0, 0.05) is 17.2 Å². The Kier molecular flexibility index (Phi) is 3.72. The van der Waals surface area contributed by atoms with Crippen molar-refractivity contribution < 1.29 is 23.7 Å². The van der Waals surface area contributed by atoms with Crippen molar-refractivity contribution in [3.05, 3.63) is 69.5 Å². The van der Waals surface area contributed by atoms with E-state index in [2.05, 4.69) is 5.16 Å². The van der Waals surface area contributed by atoms with Crippen molar-refractivity contribution in [2.24, 2.45) is 11.1 Å². The smallest absolute Gasteiger partial charge is 0.278 e. The number of rotatable bonds is 3. The molecule has 1 saturated heterocycles. The summed E-state index contributed by atoms with van der Waals surface area (Å²) in [6.07, 6.45) is -1.14. The predicted molar refractivity (Wildman–Crippen MR) is 91.6 cm³/mol. The van der Waals surface area contributed by atoms with Gasteiger partial charge in [-0.2, -0.15) is 0 Å². The minimum atomic E-state index is -1.14. The molecule has 136 valence electrons. The Morgan fingerprint density at radius 2 is 1.85 bits per heavy atom. The standard InChI is InChI=1S/C18H12FN3O5/c1-9-2-7-12(8-13(9)22(25)26)21-17(23)14-15(20-27-16(14)18(21)24)10-3-5-11(19)6-4-10/h2-8,14,16H,1H3/t14-,16+/m0/s1. The Hall–Kier alpha value is -3.62. The number of hydrogen-bond acceptors (Lipinski definition) is 6. The van der Waals surface area contributed by atoms with Crippen molar-refractivity contribution in [3.63, 3.8) is 0 Å². The fourth-order valence-electron chi connectivity index (χ4n) is 3.22. The molecule has 0 N–H and O–H groups in total. The molecule has 2 amide bonds. The topological polar surface area (TPSA) is 102 Å². The van der Waals surface area contributed by atoms with E-state index in [0.29, 0.717) is 11.1 Å². The fourth-order valence-corrected chi connectivity index (χ4v) is 3.22. The molecule has 9 heteroatoms. The van der Waals surface area contributed by atoms with Crippen LogP contribution in [0.15, 0.2) is 47.6 Å². The molecule has 0 spiro atoms. The average molecular weight is 369 g/mol. The van der Waals surface area contributed by atoms with Gasteiger partial charge in [-0.1, -0.05) is 23.4 Å². The van der Waals surface area contributed by atoms with E-state index in [9.17, 15) is 24.1 Å². The van der Waals surface area contributed by atoms with Crippen LogP contribution in [0.3, 0.4) is 0 Å². The van der Waals surface area contributed by atoms with Gasteiger partial charge in [0.05, 0.1) is 10.6 Å². The van der Waals surface area contributed by atoms with E-state index in [1.54, 1.807) is 6.92 Å². The first-order valence-corrected chi connectivity index (χ1v) is 8.01. The summed E-state index contributed by atoms with van der Waals surface area (Å²) >= 11 is 0. The Morgan fingerprint density at radius 3 is 2.52 bits per heavy atom. The zero-order valence-corrected chi connectivity index (χ0v) is 14.0. The van der Waals surface area contributed by atoms with Gasteiger partial charge in [0.1, 0.15) is 17.4 Å². The number of carbonyl (C=O) groups is 2. The molecule has 2 aromatic rings. The number of oxime groups is 1. The van der Waals surface area contributed by atoms with Crippen molar-refractivity contribution in [3.8, 4) is 0 Å². The van der Waals surface area contributed by atoms with Crippen LogP contribution in [0.4, 0.5) is 15.8 Å².